The van der Waals surface area contributed by atoms with Gasteiger partial charge in [0.2, 0.25) is 5.91 Å². The summed E-state index contributed by atoms with van der Waals surface area (Å²) in [6, 6.07) is 0. The van der Waals surface area contributed by atoms with Gasteiger partial charge in [0.25, 0.3) is 0 Å². The van der Waals surface area contributed by atoms with Gasteiger partial charge in [-0.25, -0.2) is 0 Å². The maximum absolute atomic E-state index is 11.4. The highest BCUT2D eigenvalue weighted by Gasteiger charge is 2.29. The fraction of sp³-hybridized carbons (Fsp3) is 0.889. The zero-order valence-electron chi connectivity index (χ0n) is 8.00. The highest BCUT2D eigenvalue weighted by Crippen LogP contribution is 2.18. The SMILES string of the molecule is CC1CN(C(=O)CC(C)(C)O)C1. The smallest absolute Gasteiger partial charge is 0.225 e. The first-order valence-corrected chi connectivity index (χ1v) is 4.38. The molecule has 1 aliphatic heterocycles. The first-order valence-electron chi connectivity index (χ1n) is 4.38. The molecular weight excluding hydrogens is 154 g/mol. The van der Waals surface area contributed by atoms with Crippen molar-refractivity contribution in [3.8, 4) is 0 Å². The summed E-state index contributed by atoms with van der Waals surface area (Å²) in [6.45, 7) is 7.15. The quantitative estimate of drug-likeness (QED) is 0.662. The fourth-order valence-electron chi connectivity index (χ4n) is 1.38. The zero-order valence-corrected chi connectivity index (χ0v) is 8.00. The summed E-state index contributed by atoms with van der Waals surface area (Å²) in [4.78, 5) is 13.1. The number of aliphatic hydroxyl groups is 1. The lowest BCUT2D eigenvalue weighted by atomic mass is 9.99. The predicted octanol–water partition coefficient (Wildman–Crippen LogP) is 0.626. The highest BCUT2D eigenvalue weighted by molar-refractivity contribution is 5.77. The first-order chi connectivity index (χ1) is 5.38. The lowest BCUT2D eigenvalue weighted by Crippen LogP contribution is -2.50. The first kappa shape index (κ1) is 9.52. The van der Waals surface area contributed by atoms with E-state index in [0.717, 1.165) is 13.1 Å². The minimum absolute atomic E-state index is 0.0700. The van der Waals surface area contributed by atoms with E-state index in [4.69, 9.17) is 0 Å². The molecule has 1 amide bonds. The monoisotopic (exact) mass is 171 g/mol. The number of nitrogens with zero attached hydrogens (tertiary/aromatic N) is 1. The maximum atomic E-state index is 11.4. The van der Waals surface area contributed by atoms with Crippen LogP contribution < -0.4 is 0 Å². The number of hydrogen-bond acceptors (Lipinski definition) is 2. The molecule has 1 saturated heterocycles. The van der Waals surface area contributed by atoms with Gasteiger partial charge in [-0.2, -0.15) is 0 Å². The van der Waals surface area contributed by atoms with Crippen LogP contribution in [-0.4, -0.2) is 34.6 Å². The Morgan fingerprint density at radius 2 is 2.08 bits per heavy atom. The number of likely N-dealkylation sites (tertiary alicyclic amines) is 1. The molecule has 0 spiro atoms. The second-order valence-corrected chi connectivity index (χ2v) is 4.39. The van der Waals surface area contributed by atoms with Gasteiger partial charge in [-0.05, 0) is 19.8 Å². The third-order valence-electron chi connectivity index (χ3n) is 2.00. The van der Waals surface area contributed by atoms with E-state index >= 15 is 0 Å². The molecule has 0 aliphatic carbocycles. The minimum Gasteiger partial charge on any atom is -0.390 e. The van der Waals surface area contributed by atoms with Crippen molar-refractivity contribution in [2.75, 3.05) is 13.1 Å². The molecule has 0 bridgehead atoms. The lowest BCUT2D eigenvalue weighted by molar-refractivity contribution is -0.141. The van der Waals surface area contributed by atoms with Crippen LogP contribution in [0.1, 0.15) is 27.2 Å². The van der Waals surface area contributed by atoms with Crippen LogP contribution >= 0.6 is 0 Å². The molecule has 0 atom stereocenters. The standard InChI is InChI=1S/C9H17NO2/c1-7-5-10(6-7)8(11)4-9(2,3)12/h7,12H,4-6H2,1-3H3. The summed E-state index contributed by atoms with van der Waals surface area (Å²) in [5.41, 5.74) is -0.865. The Kier molecular flexibility index (Phi) is 2.42. The van der Waals surface area contributed by atoms with E-state index in [2.05, 4.69) is 6.92 Å². The summed E-state index contributed by atoms with van der Waals surface area (Å²) in [6.07, 6.45) is 0.236. The van der Waals surface area contributed by atoms with Crippen molar-refractivity contribution in [1.29, 1.82) is 0 Å². The number of carbonyl (C=O) groups excluding carboxylic acids is 1. The lowest BCUT2D eigenvalue weighted by Gasteiger charge is -2.38. The van der Waals surface area contributed by atoms with Gasteiger partial charge in [-0.1, -0.05) is 6.92 Å². The summed E-state index contributed by atoms with van der Waals surface area (Å²) in [7, 11) is 0. The molecule has 70 valence electrons. The van der Waals surface area contributed by atoms with Gasteiger partial charge >= 0.3 is 0 Å². The van der Waals surface area contributed by atoms with Crippen LogP contribution in [0.15, 0.2) is 0 Å². The van der Waals surface area contributed by atoms with Gasteiger partial charge < -0.3 is 10.0 Å². The van der Waals surface area contributed by atoms with Crippen LogP contribution in [0.25, 0.3) is 0 Å². The third kappa shape index (κ3) is 2.48. The molecule has 0 aromatic heterocycles. The average molecular weight is 171 g/mol. The molecule has 3 heteroatoms. The number of rotatable bonds is 2. The van der Waals surface area contributed by atoms with Gasteiger partial charge in [0.05, 0.1) is 12.0 Å². The summed E-state index contributed by atoms with van der Waals surface area (Å²) >= 11 is 0. The predicted molar refractivity (Wildman–Crippen MR) is 46.7 cm³/mol. The van der Waals surface area contributed by atoms with Crippen molar-refractivity contribution < 1.29 is 9.90 Å². The largest absolute Gasteiger partial charge is 0.390 e. The Hall–Kier alpha value is -0.570. The molecule has 0 aromatic carbocycles. The Morgan fingerprint density at radius 1 is 1.58 bits per heavy atom. The van der Waals surface area contributed by atoms with Gasteiger partial charge in [0.15, 0.2) is 0 Å². The molecule has 0 aromatic rings. The van der Waals surface area contributed by atoms with E-state index in [1.165, 1.54) is 0 Å². The van der Waals surface area contributed by atoms with Crippen LogP contribution in [-0.2, 0) is 4.79 Å². The molecule has 0 saturated carbocycles. The summed E-state index contributed by atoms with van der Waals surface area (Å²) in [5.74, 6) is 0.705. The molecule has 0 unspecified atom stereocenters. The highest BCUT2D eigenvalue weighted by atomic mass is 16.3. The third-order valence-corrected chi connectivity index (χ3v) is 2.00. The molecule has 12 heavy (non-hydrogen) atoms. The van der Waals surface area contributed by atoms with Gasteiger partial charge in [-0.3, -0.25) is 4.79 Å². The van der Waals surface area contributed by atoms with Gasteiger partial charge in [0, 0.05) is 13.1 Å². The van der Waals surface area contributed by atoms with Gasteiger partial charge in [0.1, 0.15) is 0 Å². The summed E-state index contributed by atoms with van der Waals surface area (Å²) in [5, 5.41) is 9.37. The summed E-state index contributed by atoms with van der Waals surface area (Å²) < 4.78 is 0. The second kappa shape index (κ2) is 3.05. The van der Waals surface area contributed by atoms with Crippen molar-refractivity contribution in [2.45, 2.75) is 32.8 Å². The van der Waals surface area contributed by atoms with Crippen molar-refractivity contribution in [3.63, 3.8) is 0 Å². The molecule has 0 radical (unpaired) electrons. The number of hydrogen-bond donors (Lipinski definition) is 1. The van der Waals surface area contributed by atoms with E-state index in [9.17, 15) is 9.90 Å². The van der Waals surface area contributed by atoms with Crippen LogP contribution in [0.5, 0.6) is 0 Å². The molecule has 3 nitrogen and oxygen atoms in total. The van der Waals surface area contributed by atoms with Crippen LogP contribution in [0.4, 0.5) is 0 Å². The zero-order chi connectivity index (χ0) is 9.35. The molecule has 1 rings (SSSR count). The van der Waals surface area contributed by atoms with E-state index in [0.29, 0.717) is 5.92 Å². The van der Waals surface area contributed by atoms with E-state index < -0.39 is 5.60 Å². The minimum atomic E-state index is -0.865. The average Bonchev–Trinajstić information content (AvgIpc) is 1.76. The normalized spacial score (nSPS) is 19.2. The maximum Gasteiger partial charge on any atom is 0.225 e. The van der Waals surface area contributed by atoms with Crippen LogP contribution in [0.2, 0.25) is 0 Å². The van der Waals surface area contributed by atoms with Gasteiger partial charge in [-0.15, -0.1) is 0 Å². The molecule has 1 aliphatic rings. The topological polar surface area (TPSA) is 40.5 Å². The van der Waals surface area contributed by atoms with E-state index in [1.54, 1.807) is 18.7 Å². The van der Waals surface area contributed by atoms with Crippen molar-refractivity contribution in [3.05, 3.63) is 0 Å². The molecular formula is C9H17NO2. The number of carbonyl (C=O) groups is 1. The molecule has 1 fully saturated rings. The van der Waals surface area contributed by atoms with Crippen molar-refractivity contribution >= 4 is 5.91 Å². The van der Waals surface area contributed by atoms with Crippen LogP contribution in [0, 0.1) is 5.92 Å². The fourth-order valence-corrected chi connectivity index (χ4v) is 1.38. The molecule has 1 heterocycles. The Bertz CT molecular complexity index is 177. The molecule has 1 N–H and O–H groups in total. The number of amides is 1. The Balaban J connectivity index is 2.30. The Morgan fingerprint density at radius 3 is 2.42 bits per heavy atom. The van der Waals surface area contributed by atoms with Crippen molar-refractivity contribution in [1.82, 2.24) is 4.90 Å². The van der Waals surface area contributed by atoms with Crippen LogP contribution in [0.3, 0.4) is 0 Å². The second-order valence-electron chi connectivity index (χ2n) is 4.39. The van der Waals surface area contributed by atoms with E-state index in [1.807, 2.05) is 0 Å². The van der Waals surface area contributed by atoms with Crippen molar-refractivity contribution in [2.24, 2.45) is 5.92 Å². The van der Waals surface area contributed by atoms with E-state index in [-0.39, 0.29) is 12.3 Å². The Labute approximate surface area is 73.4 Å².